The molecule has 0 unspecified atom stereocenters. The van der Waals surface area contributed by atoms with E-state index in [1.54, 1.807) is 0 Å². The predicted octanol–water partition coefficient (Wildman–Crippen LogP) is 4.86. The fourth-order valence-corrected chi connectivity index (χ4v) is 3.20. The molecule has 2 rings (SSSR count). The minimum absolute atomic E-state index is 0.581. The highest BCUT2D eigenvalue weighted by Crippen LogP contribution is 2.28. The van der Waals surface area contributed by atoms with E-state index in [-0.39, 0.29) is 0 Å². The van der Waals surface area contributed by atoms with Gasteiger partial charge in [-0.05, 0) is 63.6 Å². The molecule has 0 amide bonds. The van der Waals surface area contributed by atoms with Crippen molar-refractivity contribution in [3.05, 3.63) is 21.0 Å². The van der Waals surface area contributed by atoms with Gasteiger partial charge in [0.2, 0.25) is 0 Å². The van der Waals surface area contributed by atoms with E-state index in [0.717, 1.165) is 27.4 Å². The standard InChI is InChI=1S/C13H19Br2NO/c1-9(10-5-3-2-4-6-10)16-8-11-7-12(14)13(15)17-11/h7,9-10,16H,2-6,8H2,1H3/t9-/m1/s1. The van der Waals surface area contributed by atoms with E-state index < -0.39 is 0 Å². The first kappa shape index (κ1) is 13.6. The van der Waals surface area contributed by atoms with Crippen LogP contribution in [0.15, 0.2) is 19.6 Å². The van der Waals surface area contributed by atoms with Gasteiger partial charge in [-0.3, -0.25) is 0 Å². The molecule has 1 N–H and O–H groups in total. The van der Waals surface area contributed by atoms with E-state index in [2.05, 4.69) is 44.1 Å². The summed E-state index contributed by atoms with van der Waals surface area (Å²) in [5.41, 5.74) is 0. The lowest BCUT2D eigenvalue weighted by Gasteiger charge is -2.28. The monoisotopic (exact) mass is 363 g/mol. The molecular formula is C13H19Br2NO. The Labute approximate surface area is 120 Å². The summed E-state index contributed by atoms with van der Waals surface area (Å²) in [4.78, 5) is 0. The van der Waals surface area contributed by atoms with Crippen LogP contribution in [-0.4, -0.2) is 6.04 Å². The van der Waals surface area contributed by atoms with Crippen LogP contribution in [0.5, 0.6) is 0 Å². The topological polar surface area (TPSA) is 25.2 Å². The summed E-state index contributed by atoms with van der Waals surface area (Å²) in [5, 5.41) is 3.57. The number of nitrogens with one attached hydrogen (secondary N) is 1. The number of furan rings is 1. The van der Waals surface area contributed by atoms with Gasteiger partial charge in [-0.2, -0.15) is 0 Å². The maximum absolute atomic E-state index is 5.56. The molecule has 1 aliphatic rings. The van der Waals surface area contributed by atoms with E-state index in [9.17, 15) is 0 Å². The van der Waals surface area contributed by atoms with Gasteiger partial charge in [-0.25, -0.2) is 0 Å². The molecule has 0 saturated heterocycles. The molecule has 0 aromatic carbocycles. The second-order valence-electron chi connectivity index (χ2n) is 4.90. The summed E-state index contributed by atoms with van der Waals surface area (Å²) < 4.78 is 7.32. The average Bonchev–Trinajstić information content (AvgIpc) is 2.67. The zero-order chi connectivity index (χ0) is 12.3. The SMILES string of the molecule is C[C@@H](NCc1cc(Br)c(Br)o1)C1CCCCC1. The maximum atomic E-state index is 5.56. The largest absolute Gasteiger partial charge is 0.452 e. The van der Waals surface area contributed by atoms with Gasteiger partial charge in [0.05, 0.1) is 11.0 Å². The highest BCUT2D eigenvalue weighted by atomic mass is 79.9. The summed E-state index contributed by atoms with van der Waals surface area (Å²) in [5.74, 6) is 1.82. The van der Waals surface area contributed by atoms with Crippen LogP contribution in [0.25, 0.3) is 0 Å². The van der Waals surface area contributed by atoms with Gasteiger partial charge >= 0.3 is 0 Å². The Hall–Kier alpha value is 0.200. The summed E-state index contributed by atoms with van der Waals surface area (Å²) >= 11 is 6.79. The van der Waals surface area contributed by atoms with Crippen molar-refractivity contribution in [2.45, 2.75) is 51.6 Å². The van der Waals surface area contributed by atoms with E-state index in [1.165, 1.54) is 32.1 Å². The van der Waals surface area contributed by atoms with Crippen LogP contribution >= 0.6 is 31.9 Å². The van der Waals surface area contributed by atoms with Gasteiger partial charge in [-0.15, -0.1) is 0 Å². The van der Waals surface area contributed by atoms with Gasteiger partial charge in [-0.1, -0.05) is 19.3 Å². The van der Waals surface area contributed by atoms with Crippen LogP contribution in [0, 0.1) is 5.92 Å². The first-order valence-corrected chi connectivity index (χ1v) is 7.92. The van der Waals surface area contributed by atoms with Crippen LogP contribution in [0.1, 0.15) is 44.8 Å². The van der Waals surface area contributed by atoms with E-state index >= 15 is 0 Å². The molecule has 0 aliphatic heterocycles. The smallest absolute Gasteiger partial charge is 0.183 e. The Morgan fingerprint density at radius 3 is 2.65 bits per heavy atom. The van der Waals surface area contributed by atoms with Crippen molar-refractivity contribution in [2.75, 3.05) is 0 Å². The molecule has 0 radical (unpaired) electrons. The number of halogens is 2. The minimum Gasteiger partial charge on any atom is -0.452 e. The predicted molar refractivity (Wildman–Crippen MR) is 77.0 cm³/mol. The quantitative estimate of drug-likeness (QED) is 0.824. The first-order valence-electron chi connectivity index (χ1n) is 6.34. The molecule has 1 aromatic rings. The normalized spacial score (nSPS) is 19.5. The van der Waals surface area contributed by atoms with Crippen molar-refractivity contribution >= 4 is 31.9 Å². The summed E-state index contributed by atoms with van der Waals surface area (Å²) in [7, 11) is 0. The van der Waals surface area contributed by atoms with Crippen molar-refractivity contribution in [1.82, 2.24) is 5.32 Å². The van der Waals surface area contributed by atoms with Crippen molar-refractivity contribution in [2.24, 2.45) is 5.92 Å². The summed E-state index contributed by atoms with van der Waals surface area (Å²) in [6.45, 7) is 3.10. The summed E-state index contributed by atoms with van der Waals surface area (Å²) in [6.07, 6.45) is 6.96. The van der Waals surface area contributed by atoms with E-state index in [1.807, 2.05) is 6.07 Å². The average molecular weight is 365 g/mol. The number of hydrogen-bond donors (Lipinski definition) is 1. The number of hydrogen-bond acceptors (Lipinski definition) is 2. The second kappa shape index (κ2) is 6.39. The molecule has 1 atom stereocenters. The van der Waals surface area contributed by atoms with Crippen LogP contribution in [0.3, 0.4) is 0 Å². The Morgan fingerprint density at radius 2 is 2.06 bits per heavy atom. The molecule has 96 valence electrons. The van der Waals surface area contributed by atoms with Gasteiger partial charge in [0, 0.05) is 6.04 Å². The number of rotatable bonds is 4. The molecule has 1 fully saturated rings. The lowest BCUT2D eigenvalue weighted by Crippen LogP contribution is -2.34. The van der Waals surface area contributed by atoms with Gasteiger partial charge < -0.3 is 9.73 Å². The molecule has 4 heteroatoms. The molecule has 2 nitrogen and oxygen atoms in total. The Morgan fingerprint density at radius 1 is 1.35 bits per heavy atom. The zero-order valence-corrected chi connectivity index (χ0v) is 13.3. The third kappa shape index (κ3) is 3.83. The third-order valence-corrected chi connectivity index (χ3v) is 5.36. The van der Waals surface area contributed by atoms with Crippen molar-refractivity contribution in [3.63, 3.8) is 0 Å². The van der Waals surface area contributed by atoms with E-state index in [0.29, 0.717) is 6.04 Å². The van der Waals surface area contributed by atoms with Gasteiger partial charge in [0.25, 0.3) is 0 Å². The highest BCUT2D eigenvalue weighted by Gasteiger charge is 2.19. The fourth-order valence-electron chi connectivity index (χ4n) is 2.54. The van der Waals surface area contributed by atoms with Crippen molar-refractivity contribution in [3.8, 4) is 0 Å². The molecule has 0 bridgehead atoms. The maximum Gasteiger partial charge on any atom is 0.183 e. The molecule has 1 heterocycles. The van der Waals surface area contributed by atoms with E-state index in [4.69, 9.17) is 4.42 Å². The van der Waals surface area contributed by atoms with Crippen LogP contribution in [-0.2, 0) is 6.54 Å². The minimum atomic E-state index is 0.581. The second-order valence-corrected chi connectivity index (χ2v) is 6.48. The zero-order valence-electron chi connectivity index (χ0n) is 10.1. The molecule has 1 saturated carbocycles. The van der Waals surface area contributed by atoms with Crippen LogP contribution < -0.4 is 5.32 Å². The third-order valence-electron chi connectivity index (χ3n) is 3.65. The lowest BCUT2D eigenvalue weighted by molar-refractivity contribution is 0.275. The highest BCUT2D eigenvalue weighted by molar-refractivity contribution is 9.13. The van der Waals surface area contributed by atoms with Crippen molar-refractivity contribution < 1.29 is 4.42 Å². The fraction of sp³-hybridized carbons (Fsp3) is 0.692. The molecule has 17 heavy (non-hydrogen) atoms. The first-order chi connectivity index (χ1) is 8.16. The Bertz CT molecular complexity index is 339. The van der Waals surface area contributed by atoms with Crippen LogP contribution in [0.2, 0.25) is 0 Å². The van der Waals surface area contributed by atoms with Gasteiger partial charge in [0.1, 0.15) is 5.76 Å². The van der Waals surface area contributed by atoms with Crippen molar-refractivity contribution in [1.29, 1.82) is 0 Å². The Balaban J connectivity index is 1.80. The van der Waals surface area contributed by atoms with Gasteiger partial charge in [0.15, 0.2) is 4.67 Å². The molecule has 1 aromatic heterocycles. The molecule has 1 aliphatic carbocycles. The van der Waals surface area contributed by atoms with Crippen LogP contribution in [0.4, 0.5) is 0 Å². The molecular weight excluding hydrogens is 346 g/mol. The lowest BCUT2D eigenvalue weighted by atomic mass is 9.84. The Kier molecular flexibility index (Phi) is 5.12. The molecule has 0 spiro atoms. The summed E-state index contributed by atoms with van der Waals surface area (Å²) in [6, 6.07) is 2.60.